The summed E-state index contributed by atoms with van der Waals surface area (Å²) in [6, 6.07) is 3.45. The van der Waals surface area contributed by atoms with Crippen molar-refractivity contribution in [1.82, 2.24) is 0 Å². The molecule has 0 heterocycles. The number of anilines is 1. The molecule has 0 aliphatic rings. The summed E-state index contributed by atoms with van der Waals surface area (Å²) >= 11 is 0. The normalized spacial score (nSPS) is 11.9. The van der Waals surface area contributed by atoms with Gasteiger partial charge >= 0.3 is 0 Å². The molecule has 1 rings (SSSR count). The number of non-ortho nitro benzene ring substituents is 1. The summed E-state index contributed by atoms with van der Waals surface area (Å²) in [7, 11) is 0. The van der Waals surface area contributed by atoms with E-state index in [-0.39, 0.29) is 17.1 Å². The summed E-state index contributed by atoms with van der Waals surface area (Å²) in [6.45, 7) is 9.46. The van der Waals surface area contributed by atoms with Gasteiger partial charge in [0.2, 0.25) is 0 Å². The third kappa shape index (κ3) is 13.7. The van der Waals surface area contributed by atoms with Crippen molar-refractivity contribution in [2.24, 2.45) is 5.92 Å². The zero-order valence-electron chi connectivity index (χ0n) is 19.4. The van der Waals surface area contributed by atoms with Gasteiger partial charge in [0, 0.05) is 19.2 Å². The van der Waals surface area contributed by atoms with E-state index in [1.807, 2.05) is 0 Å². The van der Waals surface area contributed by atoms with Gasteiger partial charge in [-0.25, -0.2) is 0 Å². The van der Waals surface area contributed by atoms with E-state index < -0.39 is 9.85 Å². The molecule has 0 spiro atoms. The molecule has 0 amide bonds. The molecule has 188 valence electrons. The molecule has 0 radical (unpaired) electrons. The first-order chi connectivity index (χ1) is 16.0. The number of hydrogen-bond donors (Lipinski definition) is 1. The average molecular weight is 474 g/mol. The van der Waals surface area contributed by atoms with Gasteiger partial charge in [0.1, 0.15) is 5.69 Å². The second kappa shape index (κ2) is 18.1. The van der Waals surface area contributed by atoms with Crippen LogP contribution in [-0.2, 0) is 23.7 Å². The maximum atomic E-state index is 11.1. The Bertz CT molecular complexity index is 691. The Hall–Kier alpha value is -2.38. The number of nitrogens with one attached hydrogen (secondary N) is 1. The van der Waals surface area contributed by atoms with Gasteiger partial charge in [-0.1, -0.05) is 20.3 Å². The zero-order valence-corrected chi connectivity index (χ0v) is 19.4. The molecule has 0 aromatic heterocycles. The number of nitrogens with zero attached hydrogens (tertiary/aromatic N) is 2. The van der Waals surface area contributed by atoms with Crippen molar-refractivity contribution in [3.8, 4) is 0 Å². The van der Waals surface area contributed by atoms with E-state index in [9.17, 15) is 20.2 Å². The second-order valence-corrected chi connectivity index (χ2v) is 7.18. The summed E-state index contributed by atoms with van der Waals surface area (Å²) in [4.78, 5) is 20.5. The fourth-order valence-electron chi connectivity index (χ4n) is 2.47. The predicted molar refractivity (Wildman–Crippen MR) is 122 cm³/mol. The lowest BCUT2D eigenvalue weighted by Crippen LogP contribution is -2.15. The Morgan fingerprint density at radius 2 is 1.33 bits per heavy atom. The van der Waals surface area contributed by atoms with Crippen LogP contribution in [0, 0.1) is 26.1 Å². The minimum atomic E-state index is -0.676. The highest BCUT2D eigenvalue weighted by atomic mass is 16.6. The number of benzene rings is 1. The topological polar surface area (TPSA) is 144 Å². The Labute approximate surface area is 193 Å². The largest absolute Gasteiger partial charge is 0.379 e. The first kappa shape index (κ1) is 28.7. The third-order valence-electron chi connectivity index (χ3n) is 4.54. The van der Waals surface area contributed by atoms with Crippen molar-refractivity contribution >= 4 is 17.1 Å². The lowest BCUT2D eigenvalue weighted by atomic mass is 10.1. The number of hydrogen-bond acceptors (Lipinski definition) is 10. The van der Waals surface area contributed by atoms with Gasteiger partial charge in [0.25, 0.3) is 11.4 Å². The van der Waals surface area contributed by atoms with E-state index in [0.29, 0.717) is 71.9 Å². The minimum Gasteiger partial charge on any atom is -0.379 e. The van der Waals surface area contributed by atoms with Crippen LogP contribution in [0.15, 0.2) is 18.2 Å². The average Bonchev–Trinajstić information content (AvgIpc) is 2.80. The molecule has 0 bridgehead atoms. The fraction of sp³-hybridized carbons (Fsp3) is 0.714. The van der Waals surface area contributed by atoms with Gasteiger partial charge in [-0.15, -0.1) is 0 Å². The van der Waals surface area contributed by atoms with Crippen molar-refractivity contribution in [3.63, 3.8) is 0 Å². The van der Waals surface area contributed by atoms with Crippen LogP contribution in [0.3, 0.4) is 0 Å². The van der Waals surface area contributed by atoms with Gasteiger partial charge in [0.15, 0.2) is 0 Å². The van der Waals surface area contributed by atoms with Gasteiger partial charge < -0.3 is 29.0 Å². The number of rotatable bonds is 21. The molecular weight excluding hydrogens is 438 g/mol. The van der Waals surface area contributed by atoms with Crippen LogP contribution in [0.1, 0.15) is 20.3 Å². The van der Waals surface area contributed by atoms with Crippen molar-refractivity contribution in [2.45, 2.75) is 20.3 Å². The Morgan fingerprint density at radius 1 is 0.818 bits per heavy atom. The lowest BCUT2D eigenvalue weighted by Gasteiger charge is -2.10. The molecule has 0 saturated carbocycles. The third-order valence-corrected chi connectivity index (χ3v) is 4.54. The van der Waals surface area contributed by atoms with Crippen LogP contribution >= 0.6 is 0 Å². The first-order valence-corrected chi connectivity index (χ1v) is 11.0. The second-order valence-electron chi connectivity index (χ2n) is 7.18. The van der Waals surface area contributed by atoms with Crippen molar-refractivity contribution in [1.29, 1.82) is 0 Å². The summed E-state index contributed by atoms with van der Waals surface area (Å²) < 4.78 is 27.1. The van der Waals surface area contributed by atoms with Gasteiger partial charge in [-0.3, -0.25) is 20.2 Å². The van der Waals surface area contributed by atoms with E-state index in [4.69, 9.17) is 23.7 Å². The summed E-state index contributed by atoms with van der Waals surface area (Å²) in [5, 5.41) is 24.7. The SMILES string of the molecule is CCC(C)COCCOCCOCCOCCOCCNc1ccc([N+](=O)[O-])cc1[N+](=O)[O-]. The van der Waals surface area contributed by atoms with Gasteiger partial charge in [0.05, 0.1) is 75.4 Å². The Kier molecular flexibility index (Phi) is 15.7. The lowest BCUT2D eigenvalue weighted by molar-refractivity contribution is -0.393. The van der Waals surface area contributed by atoms with E-state index in [2.05, 4.69) is 19.2 Å². The molecule has 0 fully saturated rings. The van der Waals surface area contributed by atoms with Crippen LogP contribution in [0.4, 0.5) is 17.1 Å². The zero-order chi connectivity index (χ0) is 24.3. The van der Waals surface area contributed by atoms with Crippen LogP contribution in [-0.4, -0.2) is 82.5 Å². The van der Waals surface area contributed by atoms with E-state index >= 15 is 0 Å². The maximum absolute atomic E-state index is 11.1. The van der Waals surface area contributed by atoms with E-state index in [1.165, 1.54) is 12.1 Å². The highest BCUT2D eigenvalue weighted by Gasteiger charge is 2.18. The molecule has 12 heteroatoms. The fourth-order valence-corrected chi connectivity index (χ4v) is 2.47. The quantitative estimate of drug-likeness (QED) is 0.161. The van der Waals surface area contributed by atoms with Crippen LogP contribution in [0.2, 0.25) is 0 Å². The summed E-state index contributed by atoms with van der Waals surface area (Å²) in [5.41, 5.74) is -0.489. The molecule has 1 atom stereocenters. The highest BCUT2D eigenvalue weighted by Crippen LogP contribution is 2.28. The molecule has 0 aliphatic carbocycles. The summed E-state index contributed by atoms with van der Waals surface area (Å²) in [5.74, 6) is 0.571. The minimum absolute atomic E-state index is 0.199. The van der Waals surface area contributed by atoms with Crippen molar-refractivity contribution in [2.75, 3.05) is 77.9 Å². The summed E-state index contributed by atoms with van der Waals surface area (Å²) in [6.07, 6.45) is 1.11. The van der Waals surface area contributed by atoms with Crippen LogP contribution < -0.4 is 5.32 Å². The molecule has 1 unspecified atom stereocenters. The molecule has 33 heavy (non-hydrogen) atoms. The van der Waals surface area contributed by atoms with E-state index in [0.717, 1.165) is 19.1 Å². The standard InChI is InChI=1S/C21H35N3O9/c1-3-18(2)17-33-15-14-32-13-12-31-11-10-30-9-8-29-7-6-22-20-5-4-19(23(25)26)16-21(20)24(27)28/h4-5,16,18,22H,3,6-15,17H2,1-2H3. The van der Waals surface area contributed by atoms with E-state index in [1.54, 1.807) is 0 Å². The predicted octanol–water partition coefficient (Wildman–Crippen LogP) is 3.04. The first-order valence-electron chi connectivity index (χ1n) is 11.0. The number of nitro benzene ring substituents is 2. The Balaban J connectivity index is 1.94. The van der Waals surface area contributed by atoms with Crippen molar-refractivity contribution < 1.29 is 33.5 Å². The maximum Gasteiger partial charge on any atom is 0.299 e. The van der Waals surface area contributed by atoms with Crippen molar-refractivity contribution in [3.05, 3.63) is 38.4 Å². The van der Waals surface area contributed by atoms with Crippen LogP contribution in [0.5, 0.6) is 0 Å². The number of ether oxygens (including phenoxy) is 5. The van der Waals surface area contributed by atoms with Crippen LogP contribution in [0.25, 0.3) is 0 Å². The monoisotopic (exact) mass is 473 g/mol. The highest BCUT2D eigenvalue weighted by molar-refractivity contribution is 5.65. The number of nitro groups is 2. The molecule has 0 saturated heterocycles. The molecule has 1 aromatic rings. The molecule has 1 N–H and O–H groups in total. The van der Waals surface area contributed by atoms with Gasteiger partial charge in [-0.2, -0.15) is 0 Å². The molecule has 0 aliphatic heterocycles. The molecule has 1 aromatic carbocycles. The Morgan fingerprint density at radius 3 is 1.82 bits per heavy atom. The molecule has 12 nitrogen and oxygen atoms in total. The van der Waals surface area contributed by atoms with Gasteiger partial charge in [-0.05, 0) is 12.0 Å². The molecular formula is C21H35N3O9. The smallest absolute Gasteiger partial charge is 0.299 e.